The van der Waals surface area contributed by atoms with Crippen molar-refractivity contribution in [2.75, 3.05) is 6.61 Å². The number of carbonyl (C=O) groups excluding carboxylic acids is 1. The molecule has 4 rings (SSSR count). The smallest absolute Gasteiger partial charge is 0.291 e. The van der Waals surface area contributed by atoms with Crippen LogP contribution in [0.15, 0.2) is 30.3 Å². The van der Waals surface area contributed by atoms with Crippen LogP contribution in [0.1, 0.15) is 60.9 Å². The van der Waals surface area contributed by atoms with Gasteiger partial charge in [-0.05, 0) is 37.8 Å². The number of aromatic nitrogens is 3. The molecule has 0 aliphatic heterocycles. The molecule has 2 aliphatic carbocycles. The average molecular weight is 340 g/mol. The van der Waals surface area contributed by atoms with Crippen LogP contribution in [0.3, 0.4) is 0 Å². The first kappa shape index (κ1) is 16.3. The number of aliphatic hydroxyl groups is 1. The topological polar surface area (TPSA) is 80.0 Å². The van der Waals surface area contributed by atoms with Gasteiger partial charge in [0, 0.05) is 24.5 Å². The highest BCUT2D eigenvalue weighted by atomic mass is 16.3. The molecule has 6 heteroatoms. The Morgan fingerprint density at radius 2 is 1.92 bits per heavy atom. The largest absolute Gasteiger partial charge is 0.396 e. The van der Waals surface area contributed by atoms with Gasteiger partial charge in [0.05, 0.1) is 5.69 Å². The molecule has 2 unspecified atom stereocenters. The molecule has 1 aromatic heterocycles. The van der Waals surface area contributed by atoms with Crippen molar-refractivity contribution in [1.29, 1.82) is 0 Å². The van der Waals surface area contributed by atoms with Gasteiger partial charge in [-0.25, -0.2) is 9.67 Å². The highest BCUT2D eigenvalue weighted by molar-refractivity contribution is 5.90. The van der Waals surface area contributed by atoms with Gasteiger partial charge < -0.3 is 10.4 Å². The molecule has 2 saturated carbocycles. The second-order valence-electron chi connectivity index (χ2n) is 7.12. The fourth-order valence-electron chi connectivity index (χ4n) is 3.63. The van der Waals surface area contributed by atoms with E-state index in [0.29, 0.717) is 5.92 Å². The maximum atomic E-state index is 12.7. The molecule has 0 radical (unpaired) electrons. The van der Waals surface area contributed by atoms with Crippen molar-refractivity contribution < 1.29 is 9.90 Å². The molecule has 25 heavy (non-hydrogen) atoms. The van der Waals surface area contributed by atoms with E-state index in [0.717, 1.165) is 50.0 Å². The molecule has 132 valence electrons. The van der Waals surface area contributed by atoms with Crippen LogP contribution in [-0.2, 0) is 0 Å². The summed E-state index contributed by atoms with van der Waals surface area (Å²) in [4.78, 5) is 17.2. The van der Waals surface area contributed by atoms with Gasteiger partial charge >= 0.3 is 0 Å². The molecule has 0 bridgehead atoms. The number of para-hydroxylation sites is 1. The normalized spacial score (nSPS) is 23.4. The van der Waals surface area contributed by atoms with Gasteiger partial charge in [0.25, 0.3) is 5.91 Å². The maximum Gasteiger partial charge on any atom is 0.291 e. The van der Waals surface area contributed by atoms with E-state index in [-0.39, 0.29) is 30.3 Å². The monoisotopic (exact) mass is 340 g/mol. The summed E-state index contributed by atoms with van der Waals surface area (Å²) in [6.45, 7) is 0.115. The third kappa shape index (κ3) is 3.44. The third-order valence-electron chi connectivity index (χ3n) is 5.24. The molecule has 2 aromatic rings. The van der Waals surface area contributed by atoms with Crippen molar-refractivity contribution >= 4 is 5.91 Å². The maximum absolute atomic E-state index is 12.7. The van der Waals surface area contributed by atoms with Crippen LogP contribution in [0.2, 0.25) is 0 Å². The Bertz CT molecular complexity index is 739. The van der Waals surface area contributed by atoms with Crippen LogP contribution in [0.4, 0.5) is 0 Å². The summed E-state index contributed by atoms with van der Waals surface area (Å²) in [6, 6.07) is 9.85. The number of carbonyl (C=O) groups is 1. The Balaban J connectivity index is 1.57. The fourth-order valence-corrected chi connectivity index (χ4v) is 3.63. The lowest BCUT2D eigenvalue weighted by atomic mass is 9.85. The number of benzene rings is 1. The van der Waals surface area contributed by atoms with Crippen LogP contribution < -0.4 is 5.32 Å². The van der Waals surface area contributed by atoms with E-state index >= 15 is 0 Å². The summed E-state index contributed by atoms with van der Waals surface area (Å²) in [5, 5.41) is 17.1. The van der Waals surface area contributed by atoms with E-state index in [1.165, 1.54) is 0 Å². The Morgan fingerprint density at radius 1 is 1.16 bits per heavy atom. The zero-order chi connectivity index (χ0) is 17.2. The molecule has 2 fully saturated rings. The molecule has 2 atom stereocenters. The molecule has 2 aliphatic rings. The molecule has 6 nitrogen and oxygen atoms in total. The summed E-state index contributed by atoms with van der Waals surface area (Å²) in [5.74, 6) is 1.40. The Morgan fingerprint density at radius 3 is 2.64 bits per heavy atom. The summed E-state index contributed by atoms with van der Waals surface area (Å²) in [5.41, 5.74) is 0.932. The molecule has 0 spiro atoms. The van der Waals surface area contributed by atoms with E-state index in [4.69, 9.17) is 0 Å². The fraction of sp³-hybridized carbons (Fsp3) is 0.526. The zero-order valence-electron chi connectivity index (χ0n) is 14.3. The lowest BCUT2D eigenvalue weighted by Gasteiger charge is -2.30. The first-order valence-electron chi connectivity index (χ1n) is 9.20. The number of aliphatic hydroxyl groups excluding tert-OH is 1. The van der Waals surface area contributed by atoms with E-state index in [1.807, 2.05) is 30.3 Å². The second-order valence-corrected chi connectivity index (χ2v) is 7.12. The molecule has 1 aromatic carbocycles. The number of nitrogens with one attached hydrogen (secondary N) is 1. The van der Waals surface area contributed by atoms with Gasteiger partial charge in [0.15, 0.2) is 0 Å². The predicted molar refractivity (Wildman–Crippen MR) is 93.6 cm³/mol. The van der Waals surface area contributed by atoms with Crippen LogP contribution >= 0.6 is 0 Å². The first-order valence-corrected chi connectivity index (χ1v) is 9.20. The molecule has 1 heterocycles. The van der Waals surface area contributed by atoms with Gasteiger partial charge in [0.2, 0.25) is 5.82 Å². The molecular weight excluding hydrogens is 316 g/mol. The van der Waals surface area contributed by atoms with Crippen molar-refractivity contribution in [3.05, 3.63) is 42.0 Å². The van der Waals surface area contributed by atoms with Gasteiger partial charge in [-0.3, -0.25) is 4.79 Å². The summed E-state index contributed by atoms with van der Waals surface area (Å²) in [6.07, 6.45) is 6.26. The molecule has 0 saturated heterocycles. The minimum Gasteiger partial charge on any atom is -0.396 e. The summed E-state index contributed by atoms with van der Waals surface area (Å²) < 4.78 is 1.80. The average Bonchev–Trinajstić information content (AvgIpc) is 3.41. The van der Waals surface area contributed by atoms with E-state index in [1.54, 1.807) is 4.68 Å². The van der Waals surface area contributed by atoms with E-state index in [2.05, 4.69) is 15.4 Å². The summed E-state index contributed by atoms with van der Waals surface area (Å²) in [7, 11) is 0. The zero-order valence-corrected chi connectivity index (χ0v) is 14.3. The highest BCUT2D eigenvalue weighted by Gasteiger charge is 2.32. The Kier molecular flexibility index (Phi) is 4.53. The van der Waals surface area contributed by atoms with Crippen molar-refractivity contribution in [1.82, 2.24) is 20.1 Å². The Hall–Kier alpha value is -2.21. The van der Waals surface area contributed by atoms with Crippen molar-refractivity contribution in [2.24, 2.45) is 5.92 Å². The van der Waals surface area contributed by atoms with E-state index in [9.17, 15) is 9.90 Å². The second kappa shape index (κ2) is 6.96. The van der Waals surface area contributed by atoms with Crippen molar-refractivity contribution in [3.63, 3.8) is 0 Å². The van der Waals surface area contributed by atoms with Crippen LogP contribution in [0, 0.1) is 5.92 Å². The molecular formula is C19H24N4O2. The number of hydrogen-bond donors (Lipinski definition) is 2. The minimum absolute atomic E-state index is 0.0132. The SMILES string of the molecule is O=C(NC1CCCCC1CO)c1nc(C2CC2)n(-c2ccccc2)n1. The van der Waals surface area contributed by atoms with Gasteiger partial charge in [-0.1, -0.05) is 31.0 Å². The number of amides is 1. The standard InChI is InChI=1S/C19H24N4O2/c24-12-14-6-4-5-9-16(14)20-19(25)17-21-18(13-10-11-13)23(22-17)15-7-2-1-3-8-15/h1-3,7-8,13-14,16,24H,4-6,9-12H2,(H,20,25). The van der Waals surface area contributed by atoms with Gasteiger partial charge in [-0.15, -0.1) is 5.10 Å². The third-order valence-corrected chi connectivity index (χ3v) is 5.24. The van der Waals surface area contributed by atoms with E-state index < -0.39 is 0 Å². The number of rotatable bonds is 5. The highest BCUT2D eigenvalue weighted by Crippen LogP contribution is 2.39. The van der Waals surface area contributed by atoms with Crippen LogP contribution in [-0.4, -0.2) is 38.4 Å². The van der Waals surface area contributed by atoms with Crippen LogP contribution in [0.5, 0.6) is 0 Å². The first-order chi connectivity index (χ1) is 12.3. The van der Waals surface area contributed by atoms with Crippen molar-refractivity contribution in [3.8, 4) is 5.69 Å². The minimum atomic E-state index is -0.234. The number of hydrogen-bond acceptors (Lipinski definition) is 4. The van der Waals surface area contributed by atoms with Gasteiger partial charge in [-0.2, -0.15) is 0 Å². The lowest BCUT2D eigenvalue weighted by Crippen LogP contribution is -2.43. The van der Waals surface area contributed by atoms with Crippen molar-refractivity contribution in [2.45, 2.75) is 50.5 Å². The van der Waals surface area contributed by atoms with Gasteiger partial charge in [0.1, 0.15) is 5.82 Å². The predicted octanol–water partition coefficient (Wildman–Crippen LogP) is 2.43. The quantitative estimate of drug-likeness (QED) is 0.876. The lowest BCUT2D eigenvalue weighted by molar-refractivity contribution is 0.0862. The molecule has 2 N–H and O–H groups in total. The van der Waals surface area contributed by atoms with Crippen LogP contribution in [0.25, 0.3) is 5.69 Å². The number of nitrogens with zero attached hydrogens (tertiary/aromatic N) is 3. The Labute approximate surface area is 147 Å². The molecule has 1 amide bonds. The summed E-state index contributed by atoms with van der Waals surface area (Å²) >= 11 is 0.